The number of unbranched alkanes of at least 4 members (excludes halogenated alkanes) is 1. The van der Waals surface area contributed by atoms with Crippen LogP contribution in [-0.4, -0.2) is 387 Å². The van der Waals surface area contributed by atoms with Gasteiger partial charge in [0.2, 0.25) is 100 Å². The van der Waals surface area contributed by atoms with E-state index in [4.69, 9.17) is 17.2 Å². The highest BCUT2D eigenvalue weighted by atomic mass is 33.1. The number of amides is 17. The van der Waals surface area contributed by atoms with Gasteiger partial charge in [-0.25, -0.2) is 4.98 Å². The predicted molar refractivity (Wildman–Crippen MR) is 543 cm³/mol. The number of para-hydroxylation sites is 3. The van der Waals surface area contributed by atoms with Crippen molar-refractivity contribution in [1.82, 2.24) is 119 Å². The quantitative estimate of drug-likeness (QED) is 0.0125. The van der Waals surface area contributed by atoms with Gasteiger partial charge in [-0.3, -0.25) is 120 Å². The molecule has 150 heavy (non-hydrogen) atoms. The summed E-state index contributed by atoms with van der Waals surface area (Å²) in [6.45, 7) is 5.21. The molecular formula is C96H130N26O26S2. The first-order valence-corrected chi connectivity index (χ1v) is 51.3. The molecule has 0 unspecified atom stereocenters. The number of rotatable bonds is 43. The van der Waals surface area contributed by atoms with Crippen molar-refractivity contribution in [3.05, 3.63) is 126 Å². The number of aliphatic hydroxyl groups is 1. The van der Waals surface area contributed by atoms with Gasteiger partial charge in [0, 0.05) is 173 Å². The van der Waals surface area contributed by atoms with Gasteiger partial charge in [-0.2, -0.15) is 0 Å². The van der Waals surface area contributed by atoms with E-state index in [1.54, 1.807) is 112 Å². The standard InChI is InChI=1S/C96H130N26O26S2/c1-5-51(2)82(116-95(147)83(52(3)123)117-90(142)65(106-53(4)124)33-54-40-102-61-18-9-6-15-58(54)61)94(146)115-73-49-150-149-48-72(114-89(141)70(39-78(128)129)112-86(138)67(36-57-43-100-50-105-57)109-85(137)66(34-55-41-103-62-19-10-7-16-59(55)62)108-87(139)68(37-75(97)125)110-88(140)69(38-76(98)126)111-91(73)143)92(144)113-71(35-56-42-104-63-20-11-8-17-60(56)63)96(148)122-24-14-22-74(122)93(145)107-64(84(99)136)21-12-13-23-101-77(127)44-118-25-27-119(45-79(130)131)29-31-121(47-81(134)135)32-30-120(28-26-118)46-80(132)133/h6-11,15-20,40-43,50-52,64-74,82-83,102-104,123H,5,12-14,21-39,44-49H2,1-4H3,(H2,97,125)(H2,98,126)(H2,99,136)(H,100,105)(H,101,127)(H,106,124)(H,107,145)(H,108,139)(H,109,137)(H,110,140)(H,111,143)(H,112,138)(H,113,144)(H,114,141)(H,115,146)(H,116,147)(H,117,142)(H,128,129)(H,130,131)(H,132,133)(H,134,135)/t51-,52+,64+,65-,66-,67-,68-,69-,70-,71-,72-,73-,74-,82-,83-/m0/s1. The fraction of sp³-hybridized carbons (Fsp3) is 0.500. The predicted octanol–water partition coefficient (Wildman–Crippen LogP) is -5.75. The van der Waals surface area contributed by atoms with E-state index >= 15 is 33.6 Å². The third-order valence-electron chi connectivity index (χ3n) is 25.7. The van der Waals surface area contributed by atoms with E-state index in [-0.39, 0.29) is 149 Å². The minimum Gasteiger partial charge on any atom is -0.481 e. The SMILES string of the molecule is CC[C@H](C)[C@H](NC(=O)[C@@H](NC(=O)[C@H](Cc1c[nH]c2ccccc12)NC(C)=O)[C@@H](C)O)C(=O)N[C@H]1CSSC[C@@H](C(=O)N[C@@H](Cc2c[nH]c3ccccc23)C(=O)N2CCC[C@H]2C(=O)N[C@H](CCCCNC(=O)CN2CCN(CC(=O)O)CCN(CC(=O)O)CCN(CC(=O)O)CC2)C(N)=O)NC(=O)[C@H](CC(=O)O)NC(=O)[C@H](Cc2cnc[nH]2)NC(=O)[C@H](Cc2c[nH]c3ccccc23)NC(=O)[C@H](CC(N)=O)NC(=O)[C@H](CC(N)=O)NC1=O. The first kappa shape index (κ1) is 117. The van der Waals surface area contributed by atoms with Gasteiger partial charge >= 0.3 is 23.9 Å². The Labute approximate surface area is 867 Å². The van der Waals surface area contributed by atoms with Crippen molar-refractivity contribution < 1.29 is 126 Å². The maximum absolute atomic E-state index is 15.9. The number of likely N-dealkylation sites (tertiary alicyclic amines) is 1. The molecule has 3 aliphatic rings. The molecule has 0 radical (unpaired) electrons. The van der Waals surface area contributed by atoms with Crippen molar-refractivity contribution in [2.45, 2.75) is 196 Å². The zero-order chi connectivity index (χ0) is 109. The summed E-state index contributed by atoms with van der Waals surface area (Å²) in [6, 6.07) is -2.89. The molecule has 7 heterocycles. The smallest absolute Gasteiger partial charge is 0.317 e. The van der Waals surface area contributed by atoms with Gasteiger partial charge in [0.1, 0.15) is 78.5 Å². The molecule has 0 aliphatic carbocycles. The number of H-pyrrole nitrogens is 4. The minimum atomic E-state index is -2.20. The Balaban J connectivity index is 0.954. The van der Waals surface area contributed by atoms with E-state index in [0.29, 0.717) is 71.0 Å². The average Bonchev–Trinajstić information content (AvgIpc) is 1.66. The molecule has 10 rings (SSSR count). The Morgan fingerprint density at radius 1 is 0.473 bits per heavy atom. The molecule has 15 atom stereocenters. The lowest BCUT2D eigenvalue weighted by Crippen LogP contribution is -2.63. The molecule has 28 N–H and O–H groups in total. The van der Waals surface area contributed by atoms with Crippen LogP contribution in [0.4, 0.5) is 0 Å². The second-order valence-corrected chi connectivity index (χ2v) is 39.7. The number of nitrogens with one attached hydrogen (secondary N) is 17. The number of fused-ring (bicyclic) bond motifs is 3. The number of aliphatic hydroxyl groups excluding tert-OH is 1. The number of aromatic nitrogens is 5. The van der Waals surface area contributed by atoms with Crippen LogP contribution in [0.3, 0.4) is 0 Å². The van der Waals surface area contributed by atoms with Gasteiger partial charge in [0.25, 0.3) is 0 Å². The maximum atomic E-state index is 15.9. The number of hydrogen-bond donors (Lipinski definition) is 25. The molecule has 3 fully saturated rings. The number of hydrogen-bond acceptors (Lipinski definition) is 29. The lowest BCUT2D eigenvalue weighted by molar-refractivity contribution is -0.143. The zero-order valence-electron chi connectivity index (χ0n) is 83.0. The molecule has 52 nitrogen and oxygen atoms in total. The summed E-state index contributed by atoms with van der Waals surface area (Å²) in [6.07, 6.45) is 1.11. The van der Waals surface area contributed by atoms with Crippen LogP contribution in [0.15, 0.2) is 104 Å². The monoisotopic (exact) mass is 2130 g/mol. The van der Waals surface area contributed by atoms with Crippen LogP contribution in [0.5, 0.6) is 0 Å². The maximum Gasteiger partial charge on any atom is 0.317 e. The van der Waals surface area contributed by atoms with E-state index in [1.807, 2.05) is 0 Å². The van der Waals surface area contributed by atoms with Crippen LogP contribution in [0, 0.1) is 5.92 Å². The van der Waals surface area contributed by atoms with E-state index in [2.05, 4.69) is 94.0 Å². The van der Waals surface area contributed by atoms with Crippen molar-refractivity contribution >= 4 is 179 Å². The Hall–Kier alpha value is -15.1. The molecule has 3 saturated heterocycles. The highest BCUT2D eigenvalue weighted by Crippen LogP contribution is 2.29. The van der Waals surface area contributed by atoms with E-state index < -0.39 is 258 Å². The number of benzene rings is 3. The molecular weight excluding hydrogens is 2000 g/mol. The number of aliphatic carboxylic acids is 4. The van der Waals surface area contributed by atoms with Crippen LogP contribution in [0.25, 0.3) is 32.7 Å². The van der Waals surface area contributed by atoms with Crippen LogP contribution >= 0.6 is 21.6 Å². The molecule has 17 amide bonds. The second kappa shape index (κ2) is 56.9. The molecule has 0 bridgehead atoms. The normalized spacial score (nSPS) is 20.7. The van der Waals surface area contributed by atoms with Crippen LogP contribution < -0.4 is 86.3 Å². The van der Waals surface area contributed by atoms with Crippen molar-refractivity contribution in [3.63, 3.8) is 0 Å². The van der Waals surface area contributed by atoms with Crippen molar-refractivity contribution in [2.75, 3.05) is 103 Å². The van der Waals surface area contributed by atoms with Gasteiger partial charge in [-0.15, -0.1) is 0 Å². The van der Waals surface area contributed by atoms with Crippen molar-refractivity contribution in [1.29, 1.82) is 0 Å². The summed E-state index contributed by atoms with van der Waals surface area (Å²) in [5.41, 5.74) is 20.7. The highest BCUT2D eigenvalue weighted by Gasteiger charge is 2.44. The Bertz CT molecular complexity index is 5970. The molecule has 0 spiro atoms. The lowest BCUT2D eigenvalue weighted by Gasteiger charge is -2.32. The Morgan fingerprint density at radius 2 is 0.927 bits per heavy atom. The highest BCUT2D eigenvalue weighted by molar-refractivity contribution is 8.76. The molecule has 3 aromatic carbocycles. The molecule has 0 saturated carbocycles. The fourth-order valence-electron chi connectivity index (χ4n) is 17.6. The third-order valence-corrected chi connectivity index (χ3v) is 28.1. The van der Waals surface area contributed by atoms with Gasteiger partial charge in [0.15, 0.2) is 0 Å². The van der Waals surface area contributed by atoms with Crippen molar-refractivity contribution in [2.24, 2.45) is 23.1 Å². The molecule has 54 heteroatoms. The summed E-state index contributed by atoms with van der Waals surface area (Å²) in [5.74, 6) is -26.1. The summed E-state index contributed by atoms with van der Waals surface area (Å²) in [7, 11) is 1.31. The first-order chi connectivity index (χ1) is 71.5. The molecule has 812 valence electrons. The summed E-state index contributed by atoms with van der Waals surface area (Å²) < 4.78 is 0. The zero-order valence-corrected chi connectivity index (χ0v) is 84.7. The number of nitrogens with two attached hydrogens (primary N) is 3. The van der Waals surface area contributed by atoms with Crippen LogP contribution in [0.1, 0.15) is 108 Å². The minimum absolute atomic E-state index is 0.0131. The average molecular weight is 2130 g/mol. The Morgan fingerprint density at radius 3 is 1.41 bits per heavy atom. The number of carboxylic acids is 4. The van der Waals surface area contributed by atoms with E-state index in [0.717, 1.165) is 13.8 Å². The molecule has 3 aliphatic heterocycles. The first-order valence-electron chi connectivity index (χ1n) is 48.8. The van der Waals surface area contributed by atoms with Gasteiger partial charge in [0.05, 0.1) is 57.9 Å². The third kappa shape index (κ3) is 35.6. The number of carbonyl (C=O) groups excluding carboxylic acids is 17. The van der Waals surface area contributed by atoms with E-state index in [1.165, 1.54) is 30.5 Å². The van der Waals surface area contributed by atoms with Gasteiger partial charge < -0.3 is 137 Å². The lowest BCUT2D eigenvalue weighted by atomic mass is 9.97. The van der Waals surface area contributed by atoms with Crippen LogP contribution in [-0.2, 0) is 126 Å². The summed E-state index contributed by atoms with van der Waals surface area (Å²) in [5, 5.41) is 85.7. The number of primary amides is 3. The number of carbonyl (C=O) groups is 21. The van der Waals surface area contributed by atoms with E-state index in [9.17, 15) is 92.7 Å². The molecule has 7 aromatic rings. The number of aromatic amines is 4. The van der Waals surface area contributed by atoms with Gasteiger partial charge in [-0.05, 0) is 79.8 Å². The summed E-state index contributed by atoms with van der Waals surface area (Å²) in [4.78, 5) is 320. The number of carboxylic acid groups (broad SMARTS) is 4. The number of nitrogens with zero attached hydrogens (tertiary/aromatic N) is 6. The number of imidazole rings is 1. The molecule has 4 aromatic heterocycles. The van der Waals surface area contributed by atoms with Crippen molar-refractivity contribution in [3.8, 4) is 0 Å². The fourth-order valence-corrected chi connectivity index (χ4v) is 20.0. The topological polar surface area (TPSA) is 786 Å². The Kier molecular flexibility index (Phi) is 44.3. The second-order valence-electron chi connectivity index (χ2n) is 37.1. The van der Waals surface area contributed by atoms with Crippen LogP contribution in [0.2, 0.25) is 0 Å². The van der Waals surface area contributed by atoms with Gasteiger partial charge in [-0.1, -0.05) is 96.5 Å². The largest absolute Gasteiger partial charge is 0.481 e. The summed E-state index contributed by atoms with van der Waals surface area (Å²) >= 11 is 0.